The molecule has 1 aliphatic heterocycles. The largest absolute Gasteiger partial charge is 0.379 e. The third-order valence-corrected chi connectivity index (χ3v) is 4.83. The number of halogens is 1. The maximum absolute atomic E-state index is 12.5. The van der Waals surface area contributed by atoms with Crippen LogP contribution in [-0.4, -0.2) is 44.9 Å². The first-order valence-electron chi connectivity index (χ1n) is 9.45. The number of carbonyl (C=O) groups excluding carboxylic acids is 1. The summed E-state index contributed by atoms with van der Waals surface area (Å²) in [6.07, 6.45) is 4.96. The number of pyridine rings is 1. The number of hydrogen-bond acceptors (Lipinski definition) is 6. The maximum atomic E-state index is 12.5. The molecule has 1 saturated heterocycles. The van der Waals surface area contributed by atoms with Crippen LogP contribution < -0.4 is 16.6 Å². The summed E-state index contributed by atoms with van der Waals surface area (Å²) in [6, 6.07) is 3.02. The minimum atomic E-state index is -0.385. The number of nitrogens with two attached hydrogens (primary N) is 1. The van der Waals surface area contributed by atoms with Crippen molar-refractivity contribution in [1.29, 1.82) is 0 Å². The van der Waals surface area contributed by atoms with Gasteiger partial charge in [-0.1, -0.05) is 25.4 Å². The molecule has 8 nitrogen and oxygen atoms in total. The number of piperidine rings is 1. The number of aromatic nitrogens is 3. The molecule has 1 amide bonds. The van der Waals surface area contributed by atoms with E-state index in [1.54, 1.807) is 18.3 Å². The number of amides is 1. The summed E-state index contributed by atoms with van der Waals surface area (Å²) >= 11 is 5.81. The van der Waals surface area contributed by atoms with E-state index in [-0.39, 0.29) is 29.2 Å². The molecular weight excluding hydrogens is 380 g/mol. The highest BCUT2D eigenvalue weighted by molar-refractivity contribution is 6.30. The molecule has 0 radical (unpaired) electrons. The van der Waals surface area contributed by atoms with Crippen LogP contribution in [0.25, 0.3) is 0 Å². The fraction of sp³-hybridized carbons (Fsp3) is 0.474. The molecule has 0 aliphatic carbocycles. The Hall–Kier alpha value is -2.45. The van der Waals surface area contributed by atoms with Crippen molar-refractivity contribution in [2.75, 3.05) is 24.1 Å². The van der Waals surface area contributed by atoms with E-state index in [4.69, 9.17) is 17.3 Å². The first-order chi connectivity index (χ1) is 13.4. The number of nitrogen functional groups attached to an aromatic ring is 1. The van der Waals surface area contributed by atoms with Gasteiger partial charge in [0.25, 0.3) is 5.56 Å². The summed E-state index contributed by atoms with van der Waals surface area (Å²) < 4.78 is 0. The Balaban J connectivity index is 0.00000136. The van der Waals surface area contributed by atoms with Crippen LogP contribution >= 0.6 is 11.6 Å². The summed E-state index contributed by atoms with van der Waals surface area (Å²) in [4.78, 5) is 36.9. The molecule has 0 aromatic carbocycles. The minimum Gasteiger partial charge on any atom is -0.379 e. The topological polar surface area (TPSA) is 117 Å². The van der Waals surface area contributed by atoms with Gasteiger partial charge in [-0.2, -0.15) is 0 Å². The average molecular weight is 407 g/mol. The van der Waals surface area contributed by atoms with Crippen molar-refractivity contribution in [2.24, 2.45) is 0 Å². The van der Waals surface area contributed by atoms with Gasteiger partial charge in [0.1, 0.15) is 5.82 Å². The molecule has 152 valence electrons. The number of hydrogen-bond donors (Lipinski definition) is 3. The number of aromatic amines is 1. The van der Waals surface area contributed by atoms with Gasteiger partial charge in [0.15, 0.2) is 5.82 Å². The van der Waals surface area contributed by atoms with Crippen LogP contribution in [0.3, 0.4) is 0 Å². The molecule has 2 aromatic rings. The molecule has 1 fully saturated rings. The lowest BCUT2D eigenvalue weighted by Gasteiger charge is -2.35. The number of carbonyl (C=O) groups is 1. The lowest BCUT2D eigenvalue weighted by Crippen LogP contribution is -2.46. The number of rotatable bonds is 4. The second-order valence-corrected chi connectivity index (χ2v) is 6.84. The normalized spacial score (nSPS) is 17.9. The first-order valence-corrected chi connectivity index (χ1v) is 9.83. The molecular formula is C19H27ClN6O2. The van der Waals surface area contributed by atoms with E-state index >= 15 is 0 Å². The van der Waals surface area contributed by atoms with Crippen molar-refractivity contribution in [3.63, 3.8) is 0 Å². The van der Waals surface area contributed by atoms with Crippen molar-refractivity contribution < 1.29 is 4.79 Å². The average Bonchev–Trinajstić information content (AvgIpc) is 2.72. The molecule has 1 aliphatic rings. The fourth-order valence-electron chi connectivity index (χ4n) is 3.09. The molecule has 3 rings (SSSR count). The first kappa shape index (κ1) is 21.8. The quantitative estimate of drug-likeness (QED) is 0.718. The van der Waals surface area contributed by atoms with Gasteiger partial charge in [-0.25, -0.2) is 9.97 Å². The highest BCUT2D eigenvalue weighted by Gasteiger charge is 2.29. The summed E-state index contributed by atoms with van der Waals surface area (Å²) in [7, 11) is 0. The van der Waals surface area contributed by atoms with Crippen LogP contribution in [0.5, 0.6) is 0 Å². The molecule has 2 atom stereocenters. The Morgan fingerprint density at radius 1 is 1.43 bits per heavy atom. The number of H-pyrrole nitrogens is 1. The lowest BCUT2D eigenvalue weighted by atomic mass is 9.94. The standard InChI is InChI=1S/C17H21ClN6O2.C2H6/c1-10(16(25)23-14-5-4-12(18)7-20-14)24-6-2-3-11(9-24)13-8-21-17(26)15(19)22-13;1-2/h4-5,7-8,10-11H,2-3,6,9H2,1H3,(H2,19,22)(H,21,26)(H,20,23,25);1-2H3. The van der Waals surface area contributed by atoms with Gasteiger partial charge < -0.3 is 16.0 Å². The zero-order valence-corrected chi connectivity index (χ0v) is 17.2. The van der Waals surface area contributed by atoms with E-state index in [2.05, 4.69) is 25.2 Å². The van der Waals surface area contributed by atoms with Crippen molar-refractivity contribution in [3.05, 3.63) is 45.6 Å². The van der Waals surface area contributed by atoms with Gasteiger partial charge in [-0.3, -0.25) is 14.5 Å². The van der Waals surface area contributed by atoms with Crippen LogP contribution in [-0.2, 0) is 4.79 Å². The zero-order chi connectivity index (χ0) is 20.7. The van der Waals surface area contributed by atoms with Gasteiger partial charge in [-0.15, -0.1) is 0 Å². The molecule has 3 heterocycles. The Kier molecular flexibility index (Phi) is 7.95. The second kappa shape index (κ2) is 10.2. The minimum absolute atomic E-state index is 0.0285. The highest BCUT2D eigenvalue weighted by atomic mass is 35.5. The maximum Gasteiger partial charge on any atom is 0.290 e. The Morgan fingerprint density at radius 2 is 2.18 bits per heavy atom. The molecule has 2 aromatic heterocycles. The van der Waals surface area contributed by atoms with Crippen molar-refractivity contribution >= 4 is 29.1 Å². The number of likely N-dealkylation sites (tertiary alicyclic amines) is 1. The third kappa shape index (κ3) is 5.53. The number of nitrogens with one attached hydrogen (secondary N) is 2. The second-order valence-electron chi connectivity index (χ2n) is 6.40. The van der Waals surface area contributed by atoms with Crippen LogP contribution in [0.15, 0.2) is 29.3 Å². The van der Waals surface area contributed by atoms with E-state index < -0.39 is 0 Å². The summed E-state index contributed by atoms with van der Waals surface area (Å²) in [5.74, 6) is 0.426. The number of nitrogens with zero attached hydrogens (tertiary/aromatic N) is 3. The highest BCUT2D eigenvalue weighted by Crippen LogP contribution is 2.26. The van der Waals surface area contributed by atoms with Crippen LogP contribution in [0.2, 0.25) is 5.02 Å². The monoisotopic (exact) mass is 406 g/mol. The smallest absolute Gasteiger partial charge is 0.290 e. The molecule has 4 N–H and O–H groups in total. The van der Waals surface area contributed by atoms with E-state index in [1.165, 1.54) is 6.20 Å². The van der Waals surface area contributed by atoms with E-state index in [1.807, 2.05) is 20.8 Å². The molecule has 2 unspecified atom stereocenters. The van der Waals surface area contributed by atoms with Crippen molar-refractivity contribution in [1.82, 2.24) is 19.9 Å². The summed E-state index contributed by atoms with van der Waals surface area (Å²) in [5.41, 5.74) is 5.98. The van der Waals surface area contributed by atoms with E-state index in [0.29, 0.717) is 17.4 Å². The fourth-order valence-corrected chi connectivity index (χ4v) is 3.20. The summed E-state index contributed by atoms with van der Waals surface area (Å²) in [6.45, 7) is 7.35. The molecule has 28 heavy (non-hydrogen) atoms. The number of anilines is 2. The predicted molar refractivity (Wildman–Crippen MR) is 112 cm³/mol. The van der Waals surface area contributed by atoms with Crippen molar-refractivity contribution in [2.45, 2.75) is 45.6 Å². The molecule has 9 heteroatoms. The van der Waals surface area contributed by atoms with Crippen LogP contribution in [0.4, 0.5) is 11.6 Å². The van der Waals surface area contributed by atoms with Gasteiger partial charge in [0.05, 0.1) is 16.8 Å². The van der Waals surface area contributed by atoms with Gasteiger partial charge in [0, 0.05) is 24.9 Å². The SMILES string of the molecule is CC.CC(C(=O)Nc1ccc(Cl)cn1)N1CCCC(c2c[nH]c(=O)c(N)n2)C1. The van der Waals surface area contributed by atoms with Gasteiger partial charge >= 0.3 is 0 Å². The molecule has 0 bridgehead atoms. The zero-order valence-electron chi connectivity index (χ0n) is 16.4. The Morgan fingerprint density at radius 3 is 2.82 bits per heavy atom. The predicted octanol–water partition coefficient (Wildman–Crippen LogP) is 2.63. The van der Waals surface area contributed by atoms with Gasteiger partial charge in [0.2, 0.25) is 5.91 Å². The Bertz CT molecular complexity index is 839. The molecule has 0 saturated carbocycles. The van der Waals surface area contributed by atoms with Crippen molar-refractivity contribution in [3.8, 4) is 0 Å². The van der Waals surface area contributed by atoms with Crippen LogP contribution in [0.1, 0.15) is 45.2 Å². The Labute approximate surface area is 169 Å². The van der Waals surface area contributed by atoms with Crippen LogP contribution in [0, 0.1) is 0 Å². The summed E-state index contributed by atoms with van der Waals surface area (Å²) in [5, 5.41) is 3.32. The van der Waals surface area contributed by atoms with E-state index in [0.717, 1.165) is 25.1 Å². The van der Waals surface area contributed by atoms with E-state index in [9.17, 15) is 9.59 Å². The van der Waals surface area contributed by atoms with Gasteiger partial charge in [-0.05, 0) is 38.4 Å². The molecule has 0 spiro atoms. The lowest BCUT2D eigenvalue weighted by molar-refractivity contribution is -0.121. The third-order valence-electron chi connectivity index (χ3n) is 4.61.